The van der Waals surface area contributed by atoms with Gasteiger partial charge in [0.1, 0.15) is 0 Å². The lowest BCUT2D eigenvalue weighted by molar-refractivity contribution is 0.0140. The van der Waals surface area contributed by atoms with Gasteiger partial charge in [-0.15, -0.1) is 0 Å². The molecule has 0 amide bonds. The maximum atomic E-state index is 5.60. The fourth-order valence-electron chi connectivity index (χ4n) is 2.92. The number of ether oxygens (including phenoxy) is 6. The van der Waals surface area contributed by atoms with Crippen LogP contribution < -0.4 is 0 Å². The molecule has 6 nitrogen and oxygen atoms in total. The van der Waals surface area contributed by atoms with Gasteiger partial charge in [0.15, 0.2) is 0 Å². The van der Waals surface area contributed by atoms with E-state index in [1.807, 2.05) is 6.92 Å². The zero-order valence-electron chi connectivity index (χ0n) is 20.0. The normalized spacial score (nSPS) is 11.4. The minimum atomic E-state index is 0.661. The first-order valence-corrected chi connectivity index (χ1v) is 12.4. The average molecular weight is 435 g/mol. The molecule has 30 heavy (non-hydrogen) atoms. The van der Waals surface area contributed by atoms with E-state index < -0.39 is 0 Å². The third kappa shape index (κ3) is 27.8. The van der Waals surface area contributed by atoms with Crippen LogP contribution in [0.4, 0.5) is 0 Å². The van der Waals surface area contributed by atoms with E-state index in [-0.39, 0.29) is 0 Å². The number of unbranched alkanes of at least 4 members (excludes halogenated alkanes) is 8. The Morgan fingerprint density at radius 3 is 0.967 bits per heavy atom. The molecule has 0 saturated carbocycles. The highest BCUT2D eigenvalue weighted by molar-refractivity contribution is 4.48. The van der Waals surface area contributed by atoms with E-state index in [0.717, 1.165) is 45.7 Å². The van der Waals surface area contributed by atoms with Crippen LogP contribution >= 0.6 is 0 Å². The molecule has 0 radical (unpaired) electrons. The van der Waals surface area contributed by atoms with Crippen molar-refractivity contribution in [3.63, 3.8) is 0 Å². The predicted molar refractivity (Wildman–Crippen MR) is 122 cm³/mol. The van der Waals surface area contributed by atoms with Gasteiger partial charge in [-0.25, -0.2) is 0 Å². The standard InChI is InChI=1S/C24H50O6/c1-3-14-26-19-22-30-24-21-28-16-13-11-9-7-5-6-8-10-12-15-27-20-23-29-18-17-25-4-2/h3-24H2,1-2H3. The summed E-state index contributed by atoms with van der Waals surface area (Å²) in [6.45, 7) is 12.8. The molecule has 0 N–H and O–H groups in total. The second-order valence-corrected chi connectivity index (χ2v) is 7.44. The van der Waals surface area contributed by atoms with Crippen LogP contribution in [0, 0.1) is 0 Å². The van der Waals surface area contributed by atoms with Gasteiger partial charge in [-0.3, -0.25) is 0 Å². The Morgan fingerprint density at radius 2 is 0.600 bits per heavy atom. The molecule has 0 saturated heterocycles. The van der Waals surface area contributed by atoms with E-state index in [0.29, 0.717) is 52.9 Å². The van der Waals surface area contributed by atoms with Crippen LogP contribution in [0.5, 0.6) is 0 Å². The Hall–Kier alpha value is -0.240. The van der Waals surface area contributed by atoms with Crippen LogP contribution in [0.2, 0.25) is 0 Å². The number of rotatable bonds is 27. The van der Waals surface area contributed by atoms with Gasteiger partial charge in [-0.2, -0.15) is 0 Å². The molecule has 0 aromatic carbocycles. The maximum absolute atomic E-state index is 5.60. The van der Waals surface area contributed by atoms with Crippen LogP contribution in [0.1, 0.15) is 78.1 Å². The smallest absolute Gasteiger partial charge is 0.0701 e. The van der Waals surface area contributed by atoms with Crippen molar-refractivity contribution in [2.24, 2.45) is 0 Å². The molecule has 0 aliphatic heterocycles. The summed E-state index contributed by atoms with van der Waals surface area (Å²) in [6.07, 6.45) is 12.6. The summed E-state index contributed by atoms with van der Waals surface area (Å²) in [6, 6.07) is 0. The van der Waals surface area contributed by atoms with E-state index in [2.05, 4.69) is 6.92 Å². The lowest BCUT2D eigenvalue weighted by Crippen LogP contribution is -2.10. The van der Waals surface area contributed by atoms with Crippen molar-refractivity contribution in [1.82, 2.24) is 0 Å². The SMILES string of the molecule is CCCOCCOCCOCCCCCCCCCCCOCCOCCOCC. The molecule has 0 aliphatic rings. The molecule has 0 atom stereocenters. The first-order chi connectivity index (χ1) is 14.9. The molecule has 182 valence electrons. The molecule has 0 bridgehead atoms. The molecular weight excluding hydrogens is 384 g/mol. The Morgan fingerprint density at radius 1 is 0.300 bits per heavy atom. The minimum absolute atomic E-state index is 0.661. The third-order valence-electron chi connectivity index (χ3n) is 4.62. The van der Waals surface area contributed by atoms with Crippen LogP contribution in [0.3, 0.4) is 0 Å². The molecule has 0 unspecified atom stereocenters. The largest absolute Gasteiger partial charge is 0.379 e. The Labute approximate surface area is 186 Å². The van der Waals surface area contributed by atoms with Crippen molar-refractivity contribution in [3.8, 4) is 0 Å². The van der Waals surface area contributed by atoms with Gasteiger partial charge in [0.05, 0.1) is 52.9 Å². The molecule has 0 aromatic heterocycles. The van der Waals surface area contributed by atoms with Gasteiger partial charge in [-0.05, 0) is 26.2 Å². The quantitative estimate of drug-likeness (QED) is 0.169. The van der Waals surface area contributed by atoms with Gasteiger partial charge in [0.2, 0.25) is 0 Å². The van der Waals surface area contributed by atoms with Crippen molar-refractivity contribution < 1.29 is 28.4 Å². The topological polar surface area (TPSA) is 55.4 Å². The summed E-state index contributed by atoms with van der Waals surface area (Å²) in [5, 5.41) is 0. The van der Waals surface area contributed by atoms with Crippen molar-refractivity contribution in [2.75, 3.05) is 79.3 Å². The summed E-state index contributed by atoms with van der Waals surface area (Å²) in [4.78, 5) is 0. The molecule has 6 heteroatoms. The summed E-state index contributed by atoms with van der Waals surface area (Å²) >= 11 is 0. The number of hydrogen-bond acceptors (Lipinski definition) is 6. The van der Waals surface area contributed by atoms with E-state index in [4.69, 9.17) is 28.4 Å². The van der Waals surface area contributed by atoms with Crippen LogP contribution in [0.25, 0.3) is 0 Å². The Balaban J connectivity index is 2.97. The maximum Gasteiger partial charge on any atom is 0.0701 e. The highest BCUT2D eigenvalue weighted by atomic mass is 16.5. The van der Waals surface area contributed by atoms with Gasteiger partial charge in [0, 0.05) is 26.4 Å². The Bertz CT molecular complexity index is 263. The molecule has 0 aromatic rings. The fraction of sp³-hybridized carbons (Fsp3) is 1.00. The zero-order valence-corrected chi connectivity index (χ0v) is 20.0. The lowest BCUT2D eigenvalue weighted by Gasteiger charge is -2.07. The summed E-state index contributed by atoms with van der Waals surface area (Å²) in [5.74, 6) is 0. The van der Waals surface area contributed by atoms with Crippen molar-refractivity contribution >= 4 is 0 Å². The second-order valence-electron chi connectivity index (χ2n) is 7.44. The highest BCUT2D eigenvalue weighted by Crippen LogP contribution is 2.09. The van der Waals surface area contributed by atoms with Crippen molar-refractivity contribution in [1.29, 1.82) is 0 Å². The highest BCUT2D eigenvalue weighted by Gasteiger charge is 1.95. The average Bonchev–Trinajstić information content (AvgIpc) is 2.76. The van der Waals surface area contributed by atoms with E-state index in [9.17, 15) is 0 Å². The van der Waals surface area contributed by atoms with Gasteiger partial charge >= 0.3 is 0 Å². The first kappa shape index (κ1) is 29.8. The van der Waals surface area contributed by atoms with Gasteiger partial charge < -0.3 is 28.4 Å². The molecule has 0 spiro atoms. The summed E-state index contributed by atoms with van der Waals surface area (Å²) in [7, 11) is 0. The Kier molecular flexibility index (Phi) is 28.5. The molecule has 0 heterocycles. The second kappa shape index (κ2) is 28.8. The van der Waals surface area contributed by atoms with E-state index >= 15 is 0 Å². The summed E-state index contributed by atoms with van der Waals surface area (Å²) in [5.41, 5.74) is 0. The first-order valence-electron chi connectivity index (χ1n) is 12.4. The number of hydrogen-bond donors (Lipinski definition) is 0. The van der Waals surface area contributed by atoms with Gasteiger partial charge in [-0.1, -0.05) is 51.9 Å². The monoisotopic (exact) mass is 434 g/mol. The molecular formula is C24H50O6. The van der Waals surface area contributed by atoms with E-state index in [1.54, 1.807) is 0 Å². The van der Waals surface area contributed by atoms with Crippen LogP contribution in [-0.4, -0.2) is 79.3 Å². The van der Waals surface area contributed by atoms with Crippen LogP contribution in [0.15, 0.2) is 0 Å². The van der Waals surface area contributed by atoms with E-state index in [1.165, 1.54) is 44.9 Å². The predicted octanol–water partition coefficient (Wildman–Crippen LogP) is 5.03. The molecule has 0 aliphatic carbocycles. The summed E-state index contributed by atoms with van der Waals surface area (Å²) < 4.78 is 32.6. The minimum Gasteiger partial charge on any atom is -0.379 e. The fourth-order valence-corrected chi connectivity index (χ4v) is 2.92. The molecule has 0 rings (SSSR count). The van der Waals surface area contributed by atoms with Gasteiger partial charge in [0.25, 0.3) is 0 Å². The third-order valence-corrected chi connectivity index (χ3v) is 4.62. The lowest BCUT2D eigenvalue weighted by atomic mass is 10.1. The molecule has 0 fully saturated rings. The van der Waals surface area contributed by atoms with Crippen molar-refractivity contribution in [3.05, 3.63) is 0 Å². The van der Waals surface area contributed by atoms with Crippen molar-refractivity contribution in [2.45, 2.75) is 78.1 Å². The zero-order chi connectivity index (χ0) is 21.8. The van der Waals surface area contributed by atoms with Crippen LogP contribution in [-0.2, 0) is 28.4 Å².